The van der Waals surface area contributed by atoms with Gasteiger partial charge >= 0.3 is 0 Å². The molecule has 15 heavy (non-hydrogen) atoms. The summed E-state index contributed by atoms with van der Waals surface area (Å²) in [6.07, 6.45) is 1.91. The van der Waals surface area contributed by atoms with Gasteiger partial charge in [-0.25, -0.2) is 0 Å². The van der Waals surface area contributed by atoms with E-state index < -0.39 is 0 Å². The summed E-state index contributed by atoms with van der Waals surface area (Å²) < 4.78 is 0. The molecular weight excluding hydrogens is 194 g/mol. The number of amides is 2. The lowest BCUT2D eigenvalue weighted by atomic mass is 10.2. The molecule has 0 aromatic carbocycles. The second kappa shape index (κ2) is 5.47. The van der Waals surface area contributed by atoms with Gasteiger partial charge in [-0.15, -0.1) is 0 Å². The minimum Gasteiger partial charge on any atom is -0.298 e. The summed E-state index contributed by atoms with van der Waals surface area (Å²) in [4.78, 5) is 24.3. The topological polar surface area (TPSA) is 73.2 Å². The van der Waals surface area contributed by atoms with E-state index >= 15 is 0 Å². The van der Waals surface area contributed by atoms with Gasteiger partial charge in [-0.1, -0.05) is 0 Å². The Morgan fingerprint density at radius 3 is 2.93 bits per heavy atom. The molecular formula is C10H15N3O2. The van der Waals surface area contributed by atoms with Crippen molar-refractivity contribution < 1.29 is 9.59 Å². The average molecular weight is 209 g/mol. The summed E-state index contributed by atoms with van der Waals surface area (Å²) in [6, 6.07) is 1.76. The Hall–Kier alpha value is -1.41. The molecule has 0 spiro atoms. The highest BCUT2D eigenvalue weighted by atomic mass is 16.2. The van der Waals surface area contributed by atoms with Gasteiger partial charge in [0.15, 0.2) is 0 Å². The molecule has 1 rings (SSSR count). The quantitative estimate of drug-likeness (QED) is 0.523. The average Bonchev–Trinajstić information content (AvgIpc) is 2.23. The van der Waals surface area contributed by atoms with Crippen molar-refractivity contribution in [1.29, 1.82) is 5.26 Å². The maximum Gasteiger partial charge on any atom is 0.246 e. The fourth-order valence-corrected chi connectivity index (χ4v) is 1.49. The molecule has 2 amide bonds. The van der Waals surface area contributed by atoms with Gasteiger partial charge in [0, 0.05) is 13.0 Å². The van der Waals surface area contributed by atoms with Crippen LogP contribution in [-0.2, 0) is 9.59 Å². The number of hydrogen-bond donors (Lipinski definition) is 1. The molecule has 1 saturated heterocycles. The summed E-state index contributed by atoms with van der Waals surface area (Å²) in [5.74, 6) is -0.335. The fraction of sp³-hybridized carbons (Fsp3) is 0.700. The van der Waals surface area contributed by atoms with Crippen LogP contribution in [0.3, 0.4) is 0 Å². The third-order valence-electron chi connectivity index (χ3n) is 2.42. The first-order valence-electron chi connectivity index (χ1n) is 5.11. The van der Waals surface area contributed by atoms with Crippen molar-refractivity contribution in [2.24, 2.45) is 0 Å². The smallest absolute Gasteiger partial charge is 0.246 e. The van der Waals surface area contributed by atoms with Gasteiger partial charge in [0.1, 0.15) is 0 Å². The van der Waals surface area contributed by atoms with Crippen LogP contribution in [0.1, 0.15) is 26.2 Å². The molecule has 1 heterocycles. The molecule has 1 N–H and O–H groups in total. The number of carbonyl (C=O) groups is 2. The highest BCUT2D eigenvalue weighted by Crippen LogP contribution is 2.05. The molecule has 0 aromatic rings. The minimum atomic E-state index is -0.279. The van der Waals surface area contributed by atoms with Crippen LogP contribution in [0.2, 0.25) is 0 Å². The van der Waals surface area contributed by atoms with E-state index in [2.05, 4.69) is 5.32 Å². The molecule has 0 radical (unpaired) electrons. The maximum atomic E-state index is 11.6. The highest BCUT2D eigenvalue weighted by molar-refractivity contribution is 6.00. The number of unbranched alkanes of at least 4 members (excludes halogenated alkanes) is 2. The first-order chi connectivity index (χ1) is 7.16. The molecule has 0 aliphatic carbocycles. The predicted molar refractivity (Wildman–Crippen MR) is 53.6 cm³/mol. The second-order valence-corrected chi connectivity index (χ2v) is 3.60. The summed E-state index contributed by atoms with van der Waals surface area (Å²) in [5, 5.41) is 11.2. The van der Waals surface area contributed by atoms with Gasteiger partial charge in [0.2, 0.25) is 11.8 Å². The molecule has 5 nitrogen and oxygen atoms in total. The number of rotatable bonds is 4. The Morgan fingerprint density at radius 2 is 2.27 bits per heavy atom. The largest absolute Gasteiger partial charge is 0.298 e. The van der Waals surface area contributed by atoms with Crippen LogP contribution in [0.25, 0.3) is 0 Å². The SMILES string of the molecule is CC1NCC(=O)N(CCCCC#N)C1=O. The summed E-state index contributed by atoms with van der Waals surface area (Å²) >= 11 is 0. The lowest BCUT2D eigenvalue weighted by Crippen LogP contribution is -2.57. The van der Waals surface area contributed by atoms with E-state index in [0.717, 1.165) is 6.42 Å². The Kier molecular flexibility index (Phi) is 4.25. The molecule has 1 unspecified atom stereocenters. The normalized spacial score (nSPS) is 21.6. The number of carbonyl (C=O) groups excluding carboxylic acids is 2. The van der Waals surface area contributed by atoms with Crippen molar-refractivity contribution in [3.63, 3.8) is 0 Å². The van der Waals surface area contributed by atoms with Crippen LogP contribution in [0.15, 0.2) is 0 Å². The van der Waals surface area contributed by atoms with Crippen LogP contribution in [0.5, 0.6) is 0 Å². The molecule has 1 aliphatic rings. The lowest BCUT2D eigenvalue weighted by molar-refractivity contribution is -0.148. The van der Waals surface area contributed by atoms with E-state index in [9.17, 15) is 9.59 Å². The van der Waals surface area contributed by atoms with E-state index in [1.165, 1.54) is 4.90 Å². The molecule has 1 fully saturated rings. The van der Waals surface area contributed by atoms with Crippen LogP contribution >= 0.6 is 0 Å². The Labute approximate surface area is 89.0 Å². The van der Waals surface area contributed by atoms with Crippen molar-refractivity contribution in [1.82, 2.24) is 10.2 Å². The summed E-state index contributed by atoms with van der Waals surface area (Å²) in [7, 11) is 0. The zero-order chi connectivity index (χ0) is 11.3. The van der Waals surface area contributed by atoms with Crippen LogP contribution in [0, 0.1) is 11.3 Å². The van der Waals surface area contributed by atoms with Crippen molar-refractivity contribution in [2.75, 3.05) is 13.1 Å². The van der Waals surface area contributed by atoms with Gasteiger partial charge < -0.3 is 0 Å². The van der Waals surface area contributed by atoms with Gasteiger partial charge in [-0.3, -0.25) is 19.8 Å². The highest BCUT2D eigenvalue weighted by Gasteiger charge is 2.30. The molecule has 0 saturated carbocycles. The monoisotopic (exact) mass is 209 g/mol. The molecule has 1 atom stereocenters. The Balaban J connectivity index is 2.40. The van der Waals surface area contributed by atoms with Crippen LogP contribution in [0.4, 0.5) is 0 Å². The van der Waals surface area contributed by atoms with Crippen molar-refractivity contribution in [2.45, 2.75) is 32.2 Å². The fourth-order valence-electron chi connectivity index (χ4n) is 1.49. The van der Waals surface area contributed by atoms with E-state index in [4.69, 9.17) is 5.26 Å². The van der Waals surface area contributed by atoms with Crippen molar-refractivity contribution in [3.05, 3.63) is 0 Å². The number of nitrogens with one attached hydrogen (secondary N) is 1. The van der Waals surface area contributed by atoms with Crippen molar-refractivity contribution in [3.8, 4) is 6.07 Å². The van der Waals surface area contributed by atoms with E-state index in [-0.39, 0.29) is 24.4 Å². The molecule has 0 aromatic heterocycles. The number of hydrogen-bond acceptors (Lipinski definition) is 4. The second-order valence-electron chi connectivity index (χ2n) is 3.60. The van der Waals surface area contributed by atoms with Gasteiger partial charge in [-0.2, -0.15) is 5.26 Å². The number of imide groups is 1. The van der Waals surface area contributed by atoms with E-state index in [1.807, 2.05) is 6.07 Å². The summed E-state index contributed by atoms with van der Waals surface area (Å²) in [6.45, 7) is 2.41. The number of nitriles is 1. The molecule has 5 heteroatoms. The number of nitrogens with zero attached hydrogens (tertiary/aromatic N) is 2. The lowest BCUT2D eigenvalue weighted by Gasteiger charge is -2.29. The van der Waals surface area contributed by atoms with Crippen LogP contribution in [-0.4, -0.2) is 35.8 Å². The standard InChI is InChI=1S/C10H15N3O2/c1-8-10(15)13(9(14)7-12-8)6-4-2-3-5-11/h8,12H,2-4,6-7H2,1H3. The van der Waals surface area contributed by atoms with E-state index in [1.54, 1.807) is 6.92 Å². The Morgan fingerprint density at radius 1 is 1.53 bits per heavy atom. The minimum absolute atomic E-state index is 0.164. The van der Waals surface area contributed by atoms with Gasteiger partial charge in [0.25, 0.3) is 0 Å². The third kappa shape index (κ3) is 3.03. The predicted octanol–water partition coefficient (Wildman–Crippen LogP) is 0.0272. The summed E-state index contributed by atoms with van der Waals surface area (Å²) in [5.41, 5.74) is 0. The Bertz CT molecular complexity index is 296. The number of piperazine rings is 1. The molecule has 0 bridgehead atoms. The van der Waals surface area contributed by atoms with Gasteiger partial charge in [-0.05, 0) is 19.8 Å². The third-order valence-corrected chi connectivity index (χ3v) is 2.42. The maximum absolute atomic E-state index is 11.6. The van der Waals surface area contributed by atoms with Crippen molar-refractivity contribution >= 4 is 11.8 Å². The van der Waals surface area contributed by atoms with E-state index in [0.29, 0.717) is 19.4 Å². The zero-order valence-corrected chi connectivity index (χ0v) is 8.82. The van der Waals surface area contributed by atoms with Crippen LogP contribution < -0.4 is 5.32 Å². The zero-order valence-electron chi connectivity index (χ0n) is 8.82. The molecule has 82 valence electrons. The van der Waals surface area contributed by atoms with Gasteiger partial charge in [0.05, 0.1) is 18.7 Å². The first-order valence-corrected chi connectivity index (χ1v) is 5.11. The molecule has 1 aliphatic heterocycles. The first kappa shape index (κ1) is 11.7.